The number of phenolic OH excluding ortho intramolecular Hbond substituents is 1. The van der Waals surface area contributed by atoms with Crippen molar-refractivity contribution in [1.82, 2.24) is 15.5 Å². The van der Waals surface area contributed by atoms with Gasteiger partial charge in [-0.1, -0.05) is 12.5 Å². The van der Waals surface area contributed by atoms with Crippen LogP contribution >= 0.6 is 0 Å². The van der Waals surface area contributed by atoms with Gasteiger partial charge in [0.05, 0.1) is 0 Å². The lowest BCUT2D eigenvalue weighted by molar-refractivity contribution is -0.136. The number of rotatable bonds is 6. The Morgan fingerprint density at radius 2 is 1.90 bits per heavy atom. The Hall–Kier alpha value is -3.21. The molecular formula is C21H29N3O5. The first-order valence-electron chi connectivity index (χ1n) is 9.20. The highest BCUT2D eigenvalue weighted by Crippen LogP contribution is 2.26. The summed E-state index contributed by atoms with van der Waals surface area (Å²) in [6.45, 7) is 9.88. The number of nitrogens with zero attached hydrogens (tertiary/aromatic N) is 1. The second-order valence-electron chi connectivity index (χ2n) is 7.86. The van der Waals surface area contributed by atoms with E-state index >= 15 is 0 Å². The topological polar surface area (TPSA) is 108 Å². The fourth-order valence-electron chi connectivity index (χ4n) is 2.47. The smallest absolute Gasteiger partial charge is 0.408 e. The number of terminal acetylenes is 1. The SMILES string of the molecule is C#CN(C(=O)CNC(=O)OC(C)(C)C)C(C(=O)NC(C)C)c1ccc(O)c(C)c1. The molecule has 1 rings (SSSR count). The van der Waals surface area contributed by atoms with Gasteiger partial charge >= 0.3 is 6.09 Å². The number of ether oxygens (including phenoxy) is 1. The standard InChI is InChI=1S/C21H29N3O5/c1-8-24(17(26)12-22-20(28)29-21(5,6)7)18(19(27)23-13(2)3)15-9-10-16(25)14(4)11-15/h1,9-11,13,18,25H,12H2,2-7H3,(H,22,28)(H,23,27). The van der Waals surface area contributed by atoms with Crippen molar-refractivity contribution in [2.75, 3.05) is 6.54 Å². The predicted octanol–water partition coefficient (Wildman–Crippen LogP) is 2.21. The molecule has 1 aromatic carbocycles. The molecule has 1 atom stereocenters. The maximum atomic E-state index is 12.8. The van der Waals surface area contributed by atoms with Crippen molar-refractivity contribution in [3.8, 4) is 18.2 Å². The lowest BCUT2D eigenvalue weighted by Gasteiger charge is -2.28. The van der Waals surface area contributed by atoms with Crippen LogP contribution < -0.4 is 10.6 Å². The van der Waals surface area contributed by atoms with Crippen molar-refractivity contribution in [3.63, 3.8) is 0 Å². The van der Waals surface area contributed by atoms with Crippen LogP contribution in [0.2, 0.25) is 0 Å². The van der Waals surface area contributed by atoms with Gasteiger partial charge in [0, 0.05) is 12.1 Å². The summed E-state index contributed by atoms with van der Waals surface area (Å²) in [5, 5.41) is 14.8. The molecule has 3 N–H and O–H groups in total. The van der Waals surface area contributed by atoms with Crippen molar-refractivity contribution in [1.29, 1.82) is 0 Å². The van der Waals surface area contributed by atoms with Gasteiger partial charge in [0.2, 0.25) is 5.91 Å². The summed E-state index contributed by atoms with van der Waals surface area (Å²) in [5.74, 6) is -1.08. The molecule has 0 fully saturated rings. The zero-order valence-electron chi connectivity index (χ0n) is 17.7. The Labute approximate surface area is 171 Å². The third kappa shape index (κ3) is 7.37. The van der Waals surface area contributed by atoms with E-state index in [-0.39, 0.29) is 11.8 Å². The summed E-state index contributed by atoms with van der Waals surface area (Å²) in [6.07, 6.45) is 4.77. The predicted molar refractivity (Wildman–Crippen MR) is 109 cm³/mol. The number of nitrogens with one attached hydrogen (secondary N) is 2. The van der Waals surface area contributed by atoms with Crippen LogP contribution in [0.3, 0.4) is 0 Å². The zero-order valence-corrected chi connectivity index (χ0v) is 17.7. The first-order valence-corrected chi connectivity index (χ1v) is 9.20. The number of aryl methyl sites for hydroxylation is 1. The largest absolute Gasteiger partial charge is 0.508 e. The number of amides is 3. The summed E-state index contributed by atoms with van der Waals surface area (Å²) in [6, 6.07) is 5.45. The van der Waals surface area contributed by atoms with E-state index in [9.17, 15) is 19.5 Å². The zero-order chi connectivity index (χ0) is 22.4. The van der Waals surface area contributed by atoms with Crippen molar-refractivity contribution >= 4 is 17.9 Å². The number of aromatic hydroxyl groups is 1. The quantitative estimate of drug-likeness (QED) is 0.499. The van der Waals surface area contributed by atoms with Gasteiger partial charge in [-0.2, -0.15) is 0 Å². The maximum absolute atomic E-state index is 12.8. The van der Waals surface area contributed by atoms with Crippen molar-refractivity contribution < 1.29 is 24.2 Å². The van der Waals surface area contributed by atoms with Gasteiger partial charge in [0.1, 0.15) is 23.9 Å². The van der Waals surface area contributed by atoms with Crippen molar-refractivity contribution in [2.24, 2.45) is 0 Å². The van der Waals surface area contributed by atoms with Gasteiger partial charge in [-0.3, -0.25) is 14.5 Å². The molecule has 29 heavy (non-hydrogen) atoms. The third-order valence-corrected chi connectivity index (χ3v) is 3.66. The van der Waals surface area contributed by atoms with Crippen LogP contribution in [0, 0.1) is 19.4 Å². The van der Waals surface area contributed by atoms with E-state index in [0.29, 0.717) is 11.1 Å². The Morgan fingerprint density at radius 3 is 2.38 bits per heavy atom. The Morgan fingerprint density at radius 1 is 1.28 bits per heavy atom. The number of alkyl carbamates (subject to hydrolysis) is 1. The molecule has 3 amide bonds. The van der Waals surface area contributed by atoms with Crippen molar-refractivity contribution in [2.45, 2.75) is 59.2 Å². The molecule has 0 spiro atoms. The van der Waals surface area contributed by atoms with Gasteiger partial charge in [-0.25, -0.2) is 4.79 Å². The normalized spacial score (nSPS) is 11.9. The van der Waals surface area contributed by atoms with Gasteiger partial charge < -0.3 is 20.5 Å². The number of hydrogen-bond acceptors (Lipinski definition) is 5. The molecule has 0 heterocycles. The maximum Gasteiger partial charge on any atom is 0.408 e. The lowest BCUT2D eigenvalue weighted by atomic mass is 10.0. The summed E-state index contributed by atoms with van der Waals surface area (Å²) in [5.41, 5.74) is 0.241. The van der Waals surface area contributed by atoms with Crippen LogP contribution in [-0.4, -0.2) is 46.1 Å². The molecule has 0 aliphatic carbocycles. The van der Waals surface area contributed by atoms with E-state index in [2.05, 4.69) is 16.7 Å². The van der Waals surface area contributed by atoms with Crippen LogP contribution in [0.25, 0.3) is 0 Å². The number of carbonyl (C=O) groups is 3. The van der Waals surface area contributed by atoms with Crippen LogP contribution in [0.15, 0.2) is 18.2 Å². The van der Waals surface area contributed by atoms with E-state index in [1.54, 1.807) is 47.6 Å². The van der Waals surface area contributed by atoms with Gasteiger partial charge in [0.25, 0.3) is 5.91 Å². The number of benzene rings is 1. The fourth-order valence-corrected chi connectivity index (χ4v) is 2.47. The number of phenols is 1. The van der Waals surface area contributed by atoms with E-state index < -0.39 is 36.1 Å². The van der Waals surface area contributed by atoms with E-state index in [4.69, 9.17) is 11.2 Å². The van der Waals surface area contributed by atoms with Crippen molar-refractivity contribution in [3.05, 3.63) is 29.3 Å². The minimum atomic E-state index is -1.13. The van der Waals surface area contributed by atoms with Gasteiger partial charge in [-0.15, -0.1) is 0 Å². The second kappa shape index (κ2) is 9.82. The molecule has 1 unspecified atom stereocenters. The lowest BCUT2D eigenvalue weighted by Crippen LogP contribution is -2.46. The summed E-state index contributed by atoms with van der Waals surface area (Å²) in [7, 11) is 0. The number of carbonyl (C=O) groups excluding carboxylic acids is 3. The Balaban J connectivity index is 3.11. The highest BCUT2D eigenvalue weighted by atomic mass is 16.6. The van der Waals surface area contributed by atoms with E-state index in [1.165, 1.54) is 12.1 Å². The van der Waals surface area contributed by atoms with E-state index in [0.717, 1.165) is 4.90 Å². The summed E-state index contributed by atoms with van der Waals surface area (Å²) < 4.78 is 5.10. The summed E-state index contributed by atoms with van der Waals surface area (Å²) in [4.78, 5) is 38.2. The van der Waals surface area contributed by atoms with Crippen LogP contribution in [0.4, 0.5) is 4.79 Å². The molecule has 0 aliphatic heterocycles. The highest BCUT2D eigenvalue weighted by molar-refractivity contribution is 5.91. The monoisotopic (exact) mass is 403 g/mol. The molecule has 8 nitrogen and oxygen atoms in total. The average molecular weight is 403 g/mol. The summed E-state index contributed by atoms with van der Waals surface area (Å²) >= 11 is 0. The molecule has 0 aliphatic rings. The first kappa shape index (κ1) is 23.8. The van der Waals surface area contributed by atoms with Crippen LogP contribution in [0.5, 0.6) is 5.75 Å². The minimum absolute atomic E-state index is 0.0574. The second-order valence-corrected chi connectivity index (χ2v) is 7.86. The van der Waals surface area contributed by atoms with Crippen LogP contribution in [-0.2, 0) is 14.3 Å². The number of hydrogen-bond donors (Lipinski definition) is 3. The molecule has 0 bridgehead atoms. The Bertz CT molecular complexity index is 806. The molecule has 0 radical (unpaired) electrons. The van der Waals surface area contributed by atoms with Crippen LogP contribution in [0.1, 0.15) is 51.8 Å². The fraction of sp³-hybridized carbons (Fsp3) is 0.476. The molecular weight excluding hydrogens is 374 g/mol. The molecule has 158 valence electrons. The molecule has 0 saturated carbocycles. The highest BCUT2D eigenvalue weighted by Gasteiger charge is 2.31. The molecule has 8 heteroatoms. The Kier molecular flexibility index (Phi) is 8.07. The molecule has 0 aromatic heterocycles. The van der Waals surface area contributed by atoms with E-state index in [1.807, 2.05) is 0 Å². The molecule has 1 aromatic rings. The first-order chi connectivity index (χ1) is 13.4. The van der Waals surface area contributed by atoms with Gasteiger partial charge in [0.15, 0.2) is 0 Å². The minimum Gasteiger partial charge on any atom is -0.508 e. The third-order valence-electron chi connectivity index (χ3n) is 3.66. The average Bonchev–Trinajstić information content (AvgIpc) is 2.57. The van der Waals surface area contributed by atoms with Gasteiger partial charge in [-0.05, 0) is 64.8 Å². The molecule has 0 saturated heterocycles.